The molecule has 0 N–H and O–H groups in total. The number of Topliss-reactive ketones (excluding diaryl/α,β-unsaturated/α-hetero) is 1. The van der Waals surface area contributed by atoms with E-state index in [-0.39, 0.29) is 37.0 Å². The van der Waals surface area contributed by atoms with Crippen LogP contribution in [0.1, 0.15) is 28.8 Å². The minimum Gasteiger partial charge on any atom is -0.454 e. The molecule has 158 valence electrons. The van der Waals surface area contributed by atoms with Gasteiger partial charge in [-0.15, -0.1) is 11.6 Å². The van der Waals surface area contributed by atoms with Gasteiger partial charge in [0.25, 0.3) is 0 Å². The van der Waals surface area contributed by atoms with Gasteiger partial charge in [0.1, 0.15) is 0 Å². The van der Waals surface area contributed by atoms with Crippen LogP contribution in [0.15, 0.2) is 42.5 Å². The maximum Gasteiger partial charge on any atom is 0.312 e. The number of rotatable bonds is 7. The van der Waals surface area contributed by atoms with Crippen molar-refractivity contribution in [2.75, 3.05) is 17.3 Å². The Labute approximate surface area is 189 Å². The third-order valence-corrected chi connectivity index (χ3v) is 5.92. The fourth-order valence-electron chi connectivity index (χ4n) is 3.37. The molecule has 1 aliphatic heterocycles. The molecule has 30 heavy (non-hydrogen) atoms. The smallest absolute Gasteiger partial charge is 0.312 e. The topological polar surface area (TPSA) is 63.7 Å². The number of ether oxygens (including phenoxy) is 1. The lowest BCUT2D eigenvalue weighted by atomic mass is 10.0. The first-order valence-electron chi connectivity index (χ1n) is 9.43. The van der Waals surface area contributed by atoms with Crippen LogP contribution in [-0.2, 0) is 14.3 Å². The number of carbonyl (C=O) groups excluding carboxylic acids is 3. The quantitative estimate of drug-likeness (QED) is 0.323. The summed E-state index contributed by atoms with van der Waals surface area (Å²) < 4.78 is 5.50. The highest BCUT2D eigenvalue weighted by atomic mass is 35.5. The number of hydrogen-bond acceptors (Lipinski definition) is 4. The van der Waals surface area contributed by atoms with E-state index in [9.17, 15) is 14.4 Å². The van der Waals surface area contributed by atoms with Crippen LogP contribution in [0.4, 0.5) is 5.69 Å². The number of esters is 1. The first-order chi connectivity index (χ1) is 14.3. The van der Waals surface area contributed by atoms with Crippen LogP contribution < -0.4 is 4.90 Å². The van der Waals surface area contributed by atoms with Crippen LogP contribution in [0.3, 0.4) is 0 Å². The molecule has 3 rings (SSSR count). The van der Waals surface area contributed by atoms with Crippen molar-refractivity contribution in [3.8, 4) is 0 Å². The number of hydrogen-bond donors (Lipinski definition) is 0. The molecule has 1 heterocycles. The van der Waals surface area contributed by atoms with Gasteiger partial charge in [-0.05, 0) is 48.9 Å². The van der Waals surface area contributed by atoms with Gasteiger partial charge in [0.05, 0.1) is 5.92 Å². The number of nitrogens with zero attached hydrogens (tertiary/aromatic N) is 1. The number of anilines is 1. The van der Waals surface area contributed by atoms with Crippen molar-refractivity contribution in [1.82, 2.24) is 0 Å². The lowest BCUT2D eigenvalue weighted by Crippen LogP contribution is -2.32. The standard InChI is InChI=1S/C22H20Cl3NO4/c1-13-17(25)3-2-4-18(13)26-12-15(11-20(26)27)22(29)30-19(9-10-23)21(28)14-5-7-16(24)8-6-14/h2-8,15,19H,9-12H2,1H3/t15-,19-/m0/s1. The minimum atomic E-state index is -1.02. The Morgan fingerprint density at radius 1 is 1.17 bits per heavy atom. The highest BCUT2D eigenvalue weighted by Gasteiger charge is 2.38. The molecule has 0 bridgehead atoms. The Hall–Kier alpha value is -2.08. The number of carbonyl (C=O) groups is 3. The lowest BCUT2D eigenvalue weighted by molar-refractivity contribution is -0.151. The Morgan fingerprint density at radius 3 is 2.53 bits per heavy atom. The van der Waals surface area contributed by atoms with E-state index in [2.05, 4.69) is 0 Å². The fraction of sp³-hybridized carbons (Fsp3) is 0.318. The van der Waals surface area contributed by atoms with E-state index in [0.717, 1.165) is 5.56 Å². The van der Waals surface area contributed by atoms with Crippen LogP contribution >= 0.6 is 34.8 Å². The molecule has 1 saturated heterocycles. The first kappa shape index (κ1) is 22.6. The average Bonchev–Trinajstić information content (AvgIpc) is 3.11. The van der Waals surface area contributed by atoms with Crippen LogP contribution in [0.2, 0.25) is 10.0 Å². The zero-order valence-corrected chi connectivity index (χ0v) is 18.5. The average molecular weight is 469 g/mol. The van der Waals surface area contributed by atoms with E-state index >= 15 is 0 Å². The summed E-state index contributed by atoms with van der Waals surface area (Å²) in [6.45, 7) is 1.99. The predicted molar refractivity (Wildman–Crippen MR) is 118 cm³/mol. The number of amides is 1. The predicted octanol–water partition coefficient (Wildman–Crippen LogP) is 5.08. The second-order valence-electron chi connectivity index (χ2n) is 7.06. The van der Waals surface area contributed by atoms with Gasteiger partial charge in [-0.1, -0.05) is 29.3 Å². The van der Waals surface area contributed by atoms with Crippen molar-refractivity contribution in [2.45, 2.75) is 25.9 Å². The maximum atomic E-state index is 12.8. The van der Waals surface area contributed by atoms with E-state index < -0.39 is 18.0 Å². The van der Waals surface area contributed by atoms with Gasteiger partial charge in [-0.2, -0.15) is 0 Å². The van der Waals surface area contributed by atoms with Crippen molar-refractivity contribution in [2.24, 2.45) is 5.92 Å². The van der Waals surface area contributed by atoms with Gasteiger partial charge in [0.15, 0.2) is 6.10 Å². The lowest BCUT2D eigenvalue weighted by Gasteiger charge is -2.21. The summed E-state index contributed by atoms with van der Waals surface area (Å²) in [6.07, 6.45) is -0.840. The molecule has 0 aromatic heterocycles. The highest BCUT2D eigenvalue weighted by molar-refractivity contribution is 6.32. The molecule has 0 saturated carbocycles. The largest absolute Gasteiger partial charge is 0.454 e. The van der Waals surface area contributed by atoms with Crippen molar-refractivity contribution >= 4 is 58.1 Å². The van der Waals surface area contributed by atoms with Gasteiger partial charge in [-0.3, -0.25) is 14.4 Å². The monoisotopic (exact) mass is 467 g/mol. The number of alkyl halides is 1. The van der Waals surface area contributed by atoms with E-state index in [1.54, 1.807) is 42.5 Å². The molecular weight excluding hydrogens is 449 g/mol. The Bertz CT molecular complexity index is 961. The molecule has 8 heteroatoms. The third kappa shape index (κ3) is 4.97. The van der Waals surface area contributed by atoms with Crippen molar-refractivity contribution in [3.05, 3.63) is 63.6 Å². The van der Waals surface area contributed by atoms with Gasteiger partial charge < -0.3 is 9.64 Å². The summed E-state index contributed by atoms with van der Waals surface area (Å²) in [7, 11) is 0. The second-order valence-corrected chi connectivity index (χ2v) is 8.29. The van der Waals surface area contributed by atoms with E-state index in [4.69, 9.17) is 39.5 Å². The number of benzene rings is 2. The Balaban J connectivity index is 1.72. The summed E-state index contributed by atoms with van der Waals surface area (Å²) in [6, 6.07) is 11.6. The molecule has 1 aliphatic rings. The Morgan fingerprint density at radius 2 is 1.87 bits per heavy atom. The van der Waals surface area contributed by atoms with Gasteiger partial charge in [0, 0.05) is 46.6 Å². The molecule has 0 radical (unpaired) electrons. The van der Waals surface area contributed by atoms with Crippen molar-refractivity contribution in [1.29, 1.82) is 0 Å². The van der Waals surface area contributed by atoms with Gasteiger partial charge in [-0.25, -0.2) is 0 Å². The molecule has 2 atom stereocenters. The first-order valence-corrected chi connectivity index (χ1v) is 10.7. The zero-order chi connectivity index (χ0) is 21.8. The maximum absolute atomic E-state index is 12.8. The van der Waals surface area contributed by atoms with E-state index in [0.29, 0.717) is 21.3 Å². The zero-order valence-electron chi connectivity index (χ0n) is 16.2. The van der Waals surface area contributed by atoms with Crippen LogP contribution in [-0.4, -0.2) is 36.2 Å². The molecule has 2 aromatic rings. The summed E-state index contributed by atoms with van der Waals surface area (Å²) in [5, 5.41) is 1.04. The van der Waals surface area contributed by atoms with Gasteiger partial charge >= 0.3 is 5.97 Å². The number of halogens is 3. The minimum absolute atomic E-state index is 0.00746. The molecule has 0 spiro atoms. The van der Waals surface area contributed by atoms with Gasteiger partial charge in [0.2, 0.25) is 11.7 Å². The summed E-state index contributed by atoms with van der Waals surface area (Å²) in [5.41, 5.74) is 1.80. The van der Waals surface area contributed by atoms with Crippen LogP contribution in [0.25, 0.3) is 0 Å². The van der Waals surface area contributed by atoms with Crippen LogP contribution in [0.5, 0.6) is 0 Å². The molecule has 5 nitrogen and oxygen atoms in total. The summed E-state index contributed by atoms with van der Waals surface area (Å²) in [5.74, 6) is -1.67. The summed E-state index contributed by atoms with van der Waals surface area (Å²) in [4.78, 5) is 39.6. The van der Waals surface area contributed by atoms with Crippen LogP contribution in [0, 0.1) is 12.8 Å². The van der Waals surface area contributed by atoms with Crippen molar-refractivity contribution in [3.63, 3.8) is 0 Å². The molecule has 0 aliphatic carbocycles. The SMILES string of the molecule is Cc1c(Cl)cccc1N1C[C@@H](C(=O)O[C@@H](CCCl)C(=O)c2ccc(Cl)cc2)CC1=O. The Kier molecular flexibility index (Phi) is 7.40. The molecule has 0 unspecified atom stereocenters. The highest BCUT2D eigenvalue weighted by Crippen LogP contribution is 2.32. The van der Waals surface area contributed by atoms with E-state index in [1.165, 1.54) is 4.90 Å². The van der Waals surface area contributed by atoms with Crippen molar-refractivity contribution < 1.29 is 19.1 Å². The normalized spacial score (nSPS) is 17.1. The summed E-state index contributed by atoms with van der Waals surface area (Å²) >= 11 is 17.8. The third-order valence-electron chi connectivity index (χ3n) is 5.04. The molecule has 1 amide bonds. The van der Waals surface area contributed by atoms with E-state index in [1.807, 2.05) is 6.92 Å². The second kappa shape index (κ2) is 9.82. The number of ketones is 1. The molecule has 1 fully saturated rings. The molecule has 2 aromatic carbocycles. The molecular formula is C22H20Cl3NO4. The fourth-order valence-corrected chi connectivity index (χ4v) is 3.86.